The SMILES string of the molecule is CNc1nnc(COc2ccc(C)cc2C)s1. The fraction of sp³-hybridized carbons (Fsp3) is 0.333. The van der Waals surface area contributed by atoms with E-state index in [1.165, 1.54) is 16.9 Å². The molecule has 90 valence electrons. The number of anilines is 1. The lowest BCUT2D eigenvalue weighted by molar-refractivity contribution is 0.302. The maximum atomic E-state index is 5.72. The van der Waals surface area contributed by atoms with Gasteiger partial charge in [-0.25, -0.2) is 0 Å². The van der Waals surface area contributed by atoms with Crippen LogP contribution in [-0.4, -0.2) is 17.2 Å². The van der Waals surface area contributed by atoms with Crippen molar-refractivity contribution in [3.63, 3.8) is 0 Å². The third-order valence-electron chi connectivity index (χ3n) is 2.36. The molecule has 0 aliphatic rings. The smallest absolute Gasteiger partial charge is 0.205 e. The van der Waals surface area contributed by atoms with Crippen LogP contribution in [0.5, 0.6) is 5.75 Å². The molecule has 0 radical (unpaired) electrons. The molecule has 0 spiro atoms. The van der Waals surface area contributed by atoms with Gasteiger partial charge >= 0.3 is 0 Å². The number of nitrogens with zero attached hydrogens (tertiary/aromatic N) is 2. The van der Waals surface area contributed by atoms with Gasteiger partial charge in [-0.05, 0) is 25.5 Å². The molecule has 0 aliphatic carbocycles. The second-order valence-corrected chi connectivity index (χ2v) is 4.87. The molecule has 5 heteroatoms. The zero-order chi connectivity index (χ0) is 12.3. The first-order chi connectivity index (χ1) is 8.19. The summed E-state index contributed by atoms with van der Waals surface area (Å²) in [5.74, 6) is 0.900. The Morgan fingerprint density at radius 2 is 2.12 bits per heavy atom. The first kappa shape index (κ1) is 11.9. The number of aromatic nitrogens is 2. The van der Waals surface area contributed by atoms with Crippen LogP contribution in [0, 0.1) is 13.8 Å². The number of nitrogens with one attached hydrogen (secondary N) is 1. The van der Waals surface area contributed by atoms with E-state index in [0.29, 0.717) is 6.61 Å². The molecule has 1 heterocycles. The molecule has 17 heavy (non-hydrogen) atoms. The molecular weight excluding hydrogens is 234 g/mol. The Bertz CT molecular complexity index is 510. The van der Waals surface area contributed by atoms with Gasteiger partial charge in [-0.3, -0.25) is 0 Å². The third kappa shape index (κ3) is 2.94. The Morgan fingerprint density at radius 3 is 2.76 bits per heavy atom. The predicted octanol–water partition coefficient (Wildman–Crippen LogP) is 2.78. The van der Waals surface area contributed by atoms with Gasteiger partial charge in [-0.15, -0.1) is 10.2 Å². The van der Waals surface area contributed by atoms with Crippen molar-refractivity contribution in [1.29, 1.82) is 0 Å². The molecule has 4 nitrogen and oxygen atoms in total. The molecule has 0 amide bonds. The predicted molar refractivity (Wildman–Crippen MR) is 69.7 cm³/mol. The molecule has 0 unspecified atom stereocenters. The van der Waals surface area contributed by atoms with Crippen LogP contribution < -0.4 is 10.1 Å². The topological polar surface area (TPSA) is 47.0 Å². The van der Waals surface area contributed by atoms with Gasteiger partial charge in [0.05, 0.1) is 0 Å². The van der Waals surface area contributed by atoms with Crippen molar-refractivity contribution in [2.75, 3.05) is 12.4 Å². The van der Waals surface area contributed by atoms with Crippen LogP contribution >= 0.6 is 11.3 Å². The summed E-state index contributed by atoms with van der Waals surface area (Å²) in [4.78, 5) is 0. The first-order valence-electron chi connectivity index (χ1n) is 5.39. The second kappa shape index (κ2) is 5.14. The van der Waals surface area contributed by atoms with Crippen molar-refractivity contribution in [2.45, 2.75) is 20.5 Å². The van der Waals surface area contributed by atoms with Gasteiger partial charge in [0.2, 0.25) is 5.13 Å². The molecule has 0 saturated heterocycles. The van der Waals surface area contributed by atoms with Gasteiger partial charge < -0.3 is 10.1 Å². The van der Waals surface area contributed by atoms with Crippen molar-refractivity contribution in [3.8, 4) is 5.75 Å². The molecule has 0 saturated carbocycles. The van der Waals surface area contributed by atoms with E-state index < -0.39 is 0 Å². The van der Waals surface area contributed by atoms with Crippen LogP contribution in [0.3, 0.4) is 0 Å². The Labute approximate surface area is 105 Å². The van der Waals surface area contributed by atoms with Crippen molar-refractivity contribution >= 4 is 16.5 Å². The minimum absolute atomic E-state index is 0.462. The fourth-order valence-electron chi connectivity index (χ4n) is 1.51. The zero-order valence-electron chi connectivity index (χ0n) is 10.2. The lowest BCUT2D eigenvalue weighted by atomic mass is 10.1. The molecule has 2 rings (SSSR count). The van der Waals surface area contributed by atoms with Gasteiger partial charge in [0.25, 0.3) is 0 Å². The van der Waals surface area contributed by atoms with Crippen LogP contribution in [0.4, 0.5) is 5.13 Å². The van der Waals surface area contributed by atoms with E-state index in [1.54, 1.807) is 0 Å². The summed E-state index contributed by atoms with van der Waals surface area (Å²) in [7, 11) is 1.83. The molecule has 2 aromatic rings. The lowest BCUT2D eigenvalue weighted by Gasteiger charge is -2.07. The molecule has 1 aromatic heterocycles. The summed E-state index contributed by atoms with van der Waals surface area (Å²) in [5, 5.41) is 12.6. The van der Waals surface area contributed by atoms with E-state index in [1.807, 2.05) is 26.1 Å². The Hall–Kier alpha value is -1.62. The number of benzene rings is 1. The number of ether oxygens (including phenoxy) is 1. The van der Waals surface area contributed by atoms with Gasteiger partial charge in [-0.2, -0.15) is 0 Å². The fourth-order valence-corrected chi connectivity index (χ4v) is 2.12. The van der Waals surface area contributed by atoms with E-state index in [9.17, 15) is 0 Å². The average molecular weight is 249 g/mol. The van der Waals surface area contributed by atoms with Gasteiger partial charge in [-0.1, -0.05) is 29.0 Å². The van der Waals surface area contributed by atoms with Crippen molar-refractivity contribution in [1.82, 2.24) is 10.2 Å². The summed E-state index contributed by atoms with van der Waals surface area (Å²) in [6, 6.07) is 6.14. The first-order valence-corrected chi connectivity index (χ1v) is 6.21. The standard InChI is InChI=1S/C12H15N3OS/c1-8-4-5-10(9(2)6-8)16-7-11-14-15-12(13-3)17-11/h4-6H,7H2,1-3H3,(H,13,15). The number of aryl methyl sites for hydroxylation is 2. The highest BCUT2D eigenvalue weighted by Crippen LogP contribution is 2.21. The van der Waals surface area contributed by atoms with Crippen molar-refractivity contribution in [2.24, 2.45) is 0 Å². The molecule has 0 atom stereocenters. The Kier molecular flexibility index (Phi) is 3.58. The van der Waals surface area contributed by atoms with E-state index in [0.717, 1.165) is 21.5 Å². The molecule has 1 N–H and O–H groups in total. The minimum atomic E-state index is 0.462. The van der Waals surface area contributed by atoms with Crippen LogP contribution in [0.15, 0.2) is 18.2 Å². The summed E-state index contributed by atoms with van der Waals surface area (Å²) in [6.45, 7) is 4.57. The van der Waals surface area contributed by atoms with Crippen LogP contribution in [0.1, 0.15) is 16.1 Å². The Balaban J connectivity index is 2.02. The highest BCUT2D eigenvalue weighted by molar-refractivity contribution is 7.15. The summed E-state index contributed by atoms with van der Waals surface area (Å²) >= 11 is 1.50. The maximum Gasteiger partial charge on any atom is 0.205 e. The van der Waals surface area contributed by atoms with E-state index >= 15 is 0 Å². The molecule has 0 fully saturated rings. The Morgan fingerprint density at radius 1 is 1.29 bits per heavy atom. The zero-order valence-corrected chi connectivity index (χ0v) is 11.0. The normalized spacial score (nSPS) is 10.3. The largest absolute Gasteiger partial charge is 0.486 e. The van der Waals surface area contributed by atoms with Gasteiger partial charge in [0.15, 0.2) is 5.01 Å². The monoisotopic (exact) mass is 249 g/mol. The quantitative estimate of drug-likeness (QED) is 0.905. The summed E-state index contributed by atoms with van der Waals surface area (Å²) < 4.78 is 5.72. The van der Waals surface area contributed by atoms with Crippen LogP contribution in [-0.2, 0) is 6.61 Å². The number of hydrogen-bond acceptors (Lipinski definition) is 5. The second-order valence-electron chi connectivity index (χ2n) is 3.81. The van der Waals surface area contributed by atoms with E-state index in [2.05, 4.69) is 28.5 Å². The number of rotatable bonds is 4. The van der Waals surface area contributed by atoms with Gasteiger partial charge in [0.1, 0.15) is 12.4 Å². The lowest BCUT2D eigenvalue weighted by Crippen LogP contribution is -1.96. The highest BCUT2D eigenvalue weighted by atomic mass is 32.1. The minimum Gasteiger partial charge on any atom is -0.486 e. The maximum absolute atomic E-state index is 5.72. The molecular formula is C12H15N3OS. The van der Waals surface area contributed by atoms with Crippen molar-refractivity contribution in [3.05, 3.63) is 34.3 Å². The van der Waals surface area contributed by atoms with Crippen LogP contribution in [0.2, 0.25) is 0 Å². The third-order valence-corrected chi connectivity index (χ3v) is 3.28. The average Bonchev–Trinajstić information content (AvgIpc) is 2.76. The van der Waals surface area contributed by atoms with Crippen molar-refractivity contribution < 1.29 is 4.74 Å². The number of hydrogen-bond donors (Lipinski definition) is 1. The summed E-state index contributed by atoms with van der Waals surface area (Å²) in [5.41, 5.74) is 2.38. The van der Waals surface area contributed by atoms with Crippen LogP contribution in [0.25, 0.3) is 0 Å². The molecule has 0 bridgehead atoms. The highest BCUT2D eigenvalue weighted by Gasteiger charge is 2.05. The molecule has 0 aliphatic heterocycles. The molecule has 1 aromatic carbocycles. The van der Waals surface area contributed by atoms with E-state index in [4.69, 9.17) is 4.74 Å². The van der Waals surface area contributed by atoms with E-state index in [-0.39, 0.29) is 0 Å². The summed E-state index contributed by atoms with van der Waals surface area (Å²) in [6.07, 6.45) is 0. The van der Waals surface area contributed by atoms with Gasteiger partial charge in [0, 0.05) is 7.05 Å².